The summed E-state index contributed by atoms with van der Waals surface area (Å²) in [6.07, 6.45) is 0. The number of hydrogen-bond donors (Lipinski definition) is 0. The molecule has 3 rings (SSSR count). The fourth-order valence-electron chi connectivity index (χ4n) is 2.21. The number of esters is 2. The van der Waals surface area contributed by atoms with E-state index in [2.05, 4.69) is 4.74 Å². The molecular formula is C18H13ClO4S. The molecule has 3 aromatic rings. The number of benzene rings is 2. The Morgan fingerprint density at radius 2 is 1.75 bits per heavy atom. The van der Waals surface area contributed by atoms with Gasteiger partial charge in [0.15, 0.2) is 0 Å². The molecule has 0 atom stereocenters. The van der Waals surface area contributed by atoms with Crippen molar-refractivity contribution in [3.05, 3.63) is 69.6 Å². The number of fused-ring (bicyclic) bond motifs is 1. The Morgan fingerprint density at radius 1 is 1.04 bits per heavy atom. The average molecular weight is 361 g/mol. The van der Waals surface area contributed by atoms with Crippen LogP contribution in [-0.2, 0) is 16.1 Å². The Kier molecular flexibility index (Phi) is 4.83. The molecule has 0 aliphatic rings. The van der Waals surface area contributed by atoms with E-state index in [9.17, 15) is 9.59 Å². The fraction of sp³-hybridized carbons (Fsp3) is 0.111. The van der Waals surface area contributed by atoms with Crippen molar-refractivity contribution in [2.75, 3.05) is 7.11 Å². The standard InChI is InChI=1S/C18H13ClO4S/c1-22-17(20)12-8-6-11(7-9-12)10-23-18(21)16-15(19)13-4-2-3-5-14(13)24-16/h2-9H,10H2,1H3. The van der Waals surface area contributed by atoms with Gasteiger partial charge in [-0.05, 0) is 23.8 Å². The third-order valence-corrected chi connectivity index (χ3v) is 5.12. The van der Waals surface area contributed by atoms with Crippen LogP contribution < -0.4 is 0 Å². The van der Waals surface area contributed by atoms with Crippen LogP contribution in [0.3, 0.4) is 0 Å². The van der Waals surface area contributed by atoms with E-state index >= 15 is 0 Å². The fourth-order valence-corrected chi connectivity index (χ4v) is 3.62. The molecule has 4 nitrogen and oxygen atoms in total. The molecule has 0 aliphatic carbocycles. The van der Waals surface area contributed by atoms with E-state index in [-0.39, 0.29) is 6.61 Å². The monoisotopic (exact) mass is 360 g/mol. The van der Waals surface area contributed by atoms with Gasteiger partial charge in [0.05, 0.1) is 17.7 Å². The van der Waals surface area contributed by atoms with Gasteiger partial charge in [0.1, 0.15) is 11.5 Å². The zero-order valence-electron chi connectivity index (χ0n) is 12.7. The zero-order valence-corrected chi connectivity index (χ0v) is 14.3. The molecule has 0 spiro atoms. The van der Waals surface area contributed by atoms with Gasteiger partial charge in [-0.1, -0.05) is 41.9 Å². The molecule has 1 heterocycles. The average Bonchev–Trinajstić information content (AvgIpc) is 2.96. The van der Waals surface area contributed by atoms with Gasteiger partial charge in [-0.3, -0.25) is 0 Å². The molecule has 0 amide bonds. The quantitative estimate of drug-likeness (QED) is 0.633. The predicted octanol–water partition coefficient (Wildman–Crippen LogP) is 4.70. The van der Waals surface area contributed by atoms with Crippen molar-refractivity contribution in [1.29, 1.82) is 0 Å². The Labute approximate surface area is 147 Å². The lowest BCUT2D eigenvalue weighted by molar-refractivity contribution is 0.0477. The summed E-state index contributed by atoms with van der Waals surface area (Å²) in [6.45, 7) is 0.102. The van der Waals surface area contributed by atoms with E-state index < -0.39 is 11.9 Å². The van der Waals surface area contributed by atoms with E-state index in [1.165, 1.54) is 18.4 Å². The maximum absolute atomic E-state index is 12.3. The largest absolute Gasteiger partial charge is 0.465 e. The van der Waals surface area contributed by atoms with Crippen molar-refractivity contribution in [2.45, 2.75) is 6.61 Å². The van der Waals surface area contributed by atoms with Crippen molar-refractivity contribution < 1.29 is 19.1 Å². The zero-order chi connectivity index (χ0) is 17.1. The summed E-state index contributed by atoms with van der Waals surface area (Å²) in [5, 5.41) is 1.26. The molecule has 1 aromatic heterocycles. The van der Waals surface area contributed by atoms with Gasteiger partial charge in [0.2, 0.25) is 0 Å². The maximum Gasteiger partial charge on any atom is 0.350 e. The Balaban J connectivity index is 1.70. The maximum atomic E-state index is 12.3. The molecule has 0 N–H and O–H groups in total. The van der Waals surface area contributed by atoms with Crippen LogP contribution in [0.15, 0.2) is 48.5 Å². The number of halogens is 1. The van der Waals surface area contributed by atoms with E-state index in [0.29, 0.717) is 15.5 Å². The van der Waals surface area contributed by atoms with Crippen LogP contribution in [0.25, 0.3) is 10.1 Å². The summed E-state index contributed by atoms with van der Waals surface area (Å²) >= 11 is 7.57. The molecule has 0 aliphatic heterocycles. The summed E-state index contributed by atoms with van der Waals surface area (Å²) in [5.41, 5.74) is 1.22. The first-order chi connectivity index (χ1) is 11.6. The van der Waals surface area contributed by atoms with E-state index in [1.807, 2.05) is 24.3 Å². The first-order valence-electron chi connectivity index (χ1n) is 7.11. The van der Waals surface area contributed by atoms with Crippen LogP contribution in [-0.4, -0.2) is 19.0 Å². The van der Waals surface area contributed by atoms with Crippen LogP contribution >= 0.6 is 22.9 Å². The highest BCUT2D eigenvalue weighted by Crippen LogP contribution is 2.35. The number of thiophene rings is 1. The number of carbonyl (C=O) groups excluding carboxylic acids is 2. The van der Waals surface area contributed by atoms with E-state index in [0.717, 1.165) is 15.6 Å². The molecule has 0 saturated carbocycles. The summed E-state index contributed by atoms with van der Waals surface area (Å²) in [7, 11) is 1.33. The number of ether oxygens (including phenoxy) is 2. The van der Waals surface area contributed by atoms with Gasteiger partial charge in [0.25, 0.3) is 0 Å². The number of rotatable bonds is 4. The van der Waals surface area contributed by atoms with Gasteiger partial charge in [-0.25, -0.2) is 9.59 Å². The lowest BCUT2D eigenvalue weighted by atomic mass is 10.1. The third kappa shape index (κ3) is 3.27. The van der Waals surface area contributed by atoms with Crippen molar-refractivity contribution >= 4 is 45.0 Å². The SMILES string of the molecule is COC(=O)c1ccc(COC(=O)c2sc3ccccc3c2Cl)cc1. The van der Waals surface area contributed by atoms with Gasteiger partial charge < -0.3 is 9.47 Å². The van der Waals surface area contributed by atoms with E-state index in [1.54, 1.807) is 24.3 Å². The van der Waals surface area contributed by atoms with Crippen LogP contribution in [0.5, 0.6) is 0 Å². The molecule has 0 unspecified atom stereocenters. The van der Waals surface area contributed by atoms with Crippen LogP contribution in [0.4, 0.5) is 0 Å². The van der Waals surface area contributed by atoms with Crippen LogP contribution in [0.2, 0.25) is 5.02 Å². The minimum absolute atomic E-state index is 0.102. The molecule has 2 aromatic carbocycles. The first-order valence-corrected chi connectivity index (χ1v) is 8.31. The lowest BCUT2D eigenvalue weighted by Gasteiger charge is -2.05. The summed E-state index contributed by atoms with van der Waals surface area (Å²) in [5.74, 6) is -0.867. The van der Waals surface area contributed by atoms with Gasteiger partial charge in [0, 0.05) is 10.1 Å². The molecule has 6 heteroatoms. The molecule has 122 valence electrons. The summed E-state index contributed by atoms with van der Waals surface area (Å²) < 4.78 is 10.9. The Hall–Kier alpha value is -2.37. The normalized spacial score (nSPS) is 10.6. The van der Waals surface area contributed by atoms with Gasteiger partial charge in [-0.2, -0.15) is 0 Å². The van der Waals surface area contributed by atoms with Crippen molar-refractivity contribution in [2.24, 2.45) is 0 Å². The molecule has 24 heavy (non-hydrogen) atoms. The number of carbonyl (C=O) groups is 2. The van der Waals surface area contributed by atoms with Crippen molar-refractivity contribution in [1.82, 2.24) is 0 Å². The number of hydrogen-bond acceptors (Lipinski definition) is 5. The lowest BCUT2D eigenvalue weighted by Crippen LogP contribution is -2.05. The van der Waals surface area contributed by atoms with Crippen LogP contribution in [0, 0.1) is 0 Å². The van der Waals surface area contributed by atoms with Gasteiger partial charge >= 0.3 is 11.9 Å². The topological polar surface area (TPSA) is 52.6 Å². The highest BCUT2D eigenvalue weighted by molar-refractivity contribution is 7.21. The Bertz CT molecular complexity index is 899. The van der Waals surface area contributed by atoms with E-state index in [4.69, 9.17) is 16.3 Å². The van der Waals surface area contributed by atoms with Crippen molar-refractivity contribution in [3.8, 4) is 0 Å². The summed E-state index contributed by atoms with van der Waals surface area (Å²) in [4.78, 5) is 24.0. The second-order valence-electron chi connectivity index (χ2n) is 5.01. The highest BCUT2D eigenvalue weighted by atomic mass is 35.5. The molecular weight excluding hydrogens is 348 g/mol. The molecule has 0 bridgehead atoms. The third-order valence-electron chi connectivity index (χ3n) is 3.47. The Morgan fingerprint density at radius 3 is 2.42 bits per heavy atom. The smallest absolute Gasteiger partial charge is 0.350 e. The minimum Gasteiger partial charge on any atom is -0.465 e. The minimum atomic E-state index is -0.460. The second kappa shape index (κ2) is 7.03. The highest BCUT2D eigenvalue weighted by Gasteiger charge is 2.18. The van der Waals surface area contributed by atoms with Gasteiger partial charge in [-0.15, -0.1) is 11.3 Å². The predicted molar refractivity (Wildman–Crippen MR) is 93.7 cm³/mol. The first kappa shape index (κ1) is 16.5. The molecule has 0 saturated heterocycles. The second-order valence-corrected chi connectivity index (χ2v) is 6.44. The summed E-state index contributed by atoms with van der Waals surface area (Å²) in [6, 6.07) is 14.2. The van der Waals surface area contributed by atoms with Crippen LogP contribution in [0.1, 0.15) is 25.6 Å². The molecule has 0 radical (unpaired) electrons. The van der Waals surface area contributed by atoms with Crippen molar-refractivity contribution in [3.63, 3.8) is 0 Å². The molecule has 0 fully saturated rings. The number of methoxy groups -OCH3 is 1.